The van der Waals surface area contributed by atoms with E-state index in [0.29, 0.717) is 24.8 Å². The van der Waals surface area contributed by atoms with Crippen molar-refractivity contribution in [3.05, 3.63) is 47.0 Å². The van der Waals surface area contributed by atoms with Gasteiger partial charge in [0.1, 0.15) is 23.7 Å². The number of alkyl halides is 3. The fourth-order valence-corrected chi connectivity index (χ4v) is 7.82. The number of carboxylic acid groups (broad SMARTS) is 1. The summed E-state index contributed by atoms with van der Waals surface area (Å²) >= 11 is 0. The lowest BCUT2D eigenvalue weighted by molar-refractivity contribution is -0.145. The molecule has 272 valence electrons. The molecule has 0 spiro atoms. The maximum atomic E-state index is 14.2. The van der Waals surface area contributed by atoms with Gasteiger partial charge in [0.15, 0.2) is 0 Å². The van der Waals surface area contributed by atoms with Crippen molar-refractivity contribution in [3.8, 4) is 0 Å². The Balaban J connectivity index is 1.21. The van der Waals surface area contributed by atoms with Gasteiger partial charge in [-0.05, 0) is 62.1 Å². The van der Waals surface area contributed by atoms with Crippen LogP contribution in [-0.2, 0) is 38.3 Å². The molecule has 12 nitrogen and oxygen atoms in total. The third-order valence-corrected chi connectivity index (χ3v) is 10.7. The van der Waals surface area contributed by atoms with Gasteiger partial charge in [-0.1, -0.05) is 50.0 Å². The first-order valence-corrected chi connectivity index (χ1v) is 17.6. The SMILES string of the molecule is O=C(NC1CCCC1)N[C@H]1CCCCC/C=C\[C@@H]2C[C@@]2(C(=O)O)NC(=O)[C@@H]2C[C@@H](OC(=O)N3CCc4cccc(C(F)(F)F)c4C3)CN2C1=O. The van der Waals surface area contributed by atoms with Crippen LogP contribution < -0.4 is 16.0 Å². The highest BCUT2D eigenvalue weighted by Gasteiger charge is 2.61. The lowest BCUT2D eigenvalue weighted by Crippen LogP contribution is -2.57. The number of nitrogens with zero attached hydrogens (tertiary/aromatic N) is 2. The van der Waals surface area contributed by atoms with Gasteiger partial charge >= 0.3 is 24.3 Å². The topological polar surface area (TPSA) is 157 Å². The van der Waals surface area contributed by atoms with Crippen LogP contribution in [0.4, 0.5) is 22.8 Å². The molecule has 1 aromatic rings. The Morgan fingerprint density at radius 2 is 1.78 bits per heavy atom. The Kier molecular flexibility index (Phi) is 10.3. The molecule has 0 radical (unpaired) electrons. The maximum Gasteiger partial charge on any atom is 0.416 e. The Bertz CT molecular complexity index is 1530. The quantitative estimate of drug-likeness (QED) is 0.342. The van der Waals surface area contributed by atoms with Crippen LogP contribution in [0.1, 0.15) is 87.3 Å². The summed E-state index contributed by atoms with van der Waals surface area (Å²) in [6.07, 6.45) is 4.27. The summed E-state index contributed by atoms with van der Waals surface area (Å²) in [5.74, 6) is -2.90. The van der Waals surface area contributed by atoms with Crippen LogP contribution >= 0.6 is 0 Å². The highest BCUT2D eigenvalue weighted by molar-refractivity contribution is 5.96. The van der Waals surface area contributed by atoms with Crippen LogP contribution in [0.25, 0.3) is 0 Å². The standard InChI is InChI=1S/C35H44F3N5O7/c36-35(37,38)26-13-8-9-21-15-16-42(20-25(21)26)33(49)50-24-17-28-29(44)41-34(31(46)47)18-22(34)10-4-2-1-3-5-14-27(30(45)43(28)19-24)40-32(48)39-23-11-6-7-12-23/h4,8-10,13,22-24,27-28H,1-3,5-7,11-12,14-20H2,(H,41,44)(H,46,47)(H2,39,40,48)/b10-4-/t22-,24-,27+,28+,34-/m1/s1. The first kappa shape index (κ1) is 35.5. The number of urea groups is 1. The maximum absolute atomic E-state index is 14.2. The monoisotopic (exact) mass is 703 g/mol. The van der Waals surface area contributed by atoms with E-state index in [2.05, 4.69) is 16.0 Å². The Morgan fingerprint density at radius 3 is 2.52 bits per heavy atom. The average molecular weight is 704 g/mol. The number of fused-ring (bicyclic) bond motifs is 3. The van der Waals surface area contributed by atoms with Crippen molar-refractivity contribution in [2.45, 2.75) is 120 Å². The minimum absolute atomic E-state index is 0.000845. The molecule has 4 N–H and O–H groups in total. The van der Waals surface area contributed by atoms with Gasteiger partial charge in [0, 0.05) is 31.5 Å². The molecule has 0 bridgehead atoms. The molecule has 3 fully saturated rings. The predicted molar refractivity (Wildman–Crippen MR) is 172 cm³/mol. The fourth-order valence-electron chi connectivity index (χ4n) is 7.82. The minimum Gasteiger partial charge on any atom is -0.479 e. The fraction of sp³-hybridized carbons (Fsp3) is 0.629. The zero-order valence-corrected chi connectivity index (χ0v) is 27.8. The number of rotatable bonds is 4. The first-order chi connectivity index (χ1) is 23.9. The predicted octanol–water partition coefficient (Wildman–Crippen LogP) is 4.26. The summed E-state index contributed by atoms with van der Waals surface area (Å²) in [5.41, 5.74) is -1.87. The molecule has 1 saturated heterocycles. The van der Waals surface area contributed by atoms with E-state index in [4.69, 9.17) is 4.74 Å². The number of ether oxygens (including phenoxy) is 1. The second-order valence-electron chi connectivity index (χ2n) is 14.2. The zero-order chi connectivity index (χ0) is 35.6. The van der Waals surface area contributed by atoms with Crippen molar-refractivity contribution in [2.24, 2.45) is 5.92 Å². The molecule has 0 unspecified atom stereocenters. The van der Waals surface area contributed by atoms with Crippen LogP contribution in [0.5, 0.6) is 0 Å². The van der Waals surface area contributed by atoms with E-state index >= 15 is 0 Å². The Morgan fingerprint density at radius 1 is 1.02 bits per heavy atom. The number of amides is 5. The molecule has 0 aromatic heterocycles. The number of hydrogen-bond acceptors (Lipinski definition) is 6. The molecule has 2 aliphatic carbocycles. The molecule has 15 heteroatoms. The van der Waals surface area contributed by atoms with Gasteiger partial charge in [0.05, 0.1) is 12.1 Å². The smallest absolute Gasteiger partial charge is 0.416 e. The summed E-state index contributed by atoms with van der Waals surface area (Å²) < 4.78 is 47.0. The lowest BCUT2D eigenvalue weighted by atomic mass is 9.95. The second-order valence-corrected chi connectivity index (χ2v) is 14.2. The largest absolute Gasteiger partial charge is 0.479 e. The number of halogens is 3. The van der Waals surface area contributed by atoms with E-state index in [1.165, 1.54) is 15.9 Å². The van der Waals surface area contributed by atoms with Gasteiger partial charge in [-0.2, -0.15) is 13.2 Å². The molecule has 3 heterocycles. The summed E-state index contributed by atoms with van der Waals surface area (Å²) in [6.45, 7) is -0.418. The molecule has 5 atom stereocenters. The molecule has 5 aliphatic rings. The molecular weight excluding hydrogens is 659 g/mol. The number of hydrogen-bond donors (Lipinski definition) is 4. The Hall–Kier alpha value is -4.30. The summed E-state index contributed by atoms with van der Waals surface area (Å²) in [7, 11) is 0. The number of carboxylic acids is 1. The van der Waals surface area contributed by atoms with Crippen molar-refractivity contribution in [3.63, 3.8) is 0 Å². The Labute approximate surface area is 288 Å². The molecule has 6 rings (SSSR count). The van der Waals surface area contributed by atoms with Crippen molar-refractivity contribution in [1.82, 2.24) is 25.8 Å². The highest BCUT2D eigenvalue weighted by Crippen LogP contribution is 2.45. The lowest BCUT2D eigenvalue weighted by Gasteiger charge is -2.31. The van der Waals surface area contributed by atoms with Crippen molar-refractivity contribution >= 4 is 29.9 Å². The third kappa shape index (κ3) is 7.70. The van der Waals surface area contributed by atoms with E-state index in [1.54, 1.807) is 12.1 Å². The molecule has 2 saturated carbocycles. The van der Waals surface area contributed by atoms with Gasteiger partial charge in [-0.25, -0.2) is 14.4 Å². The summed E-state index contributed by atoms with van der Waals surface area (Å²) in [6, 6.07) is 1.21. The number of carbonyl (C=O) groups excluding carboxylic acids is 4. The average Bonchev–Trinajstić information content (AvgIpc) is 3.35. The van der Waals surface area contributed by atoms with E-state index < -0.39 is 71.3 Å². The number of allylic oxidation sites excluding steroid dienone is 1. The van der Waals surface area contributed by atoms with Gasteiger partial charge in [0.25, 0.3) is 0 Å². The van der Waals surface area contributed by atoms with Gasteiger partial charge in [-0.3, -0.25) is 9.59 Å². The summed E-state index contributed by atoms with van der Waals surface area (Å²) in [4.78, 5) is 69.2. The van der Waals surface area contributed by atoms with Crippen LogP contribution in [0, 0.1) is 5.92 Å². The molecule has 1 aromatic carbocycles. The van der Waals surface area contributed by atoms with Crippen LogP contribution in [0.15, 0.2) is 30.4 Å². The van der Waals surface area contributed by atoms with Gasteiger partial charge < -0.3 is 35.6 Å². The van der Waals surface area contributed by atoms with E-state index in [0.717, 1.165) is 44.6 Å². The third-order valence-electron chi connectivity index (χ3n) is 10.7. The van der Waals surface area contributed by atoms with E-state index in [1.807, 2.05) is 6.08 Å². The molecule has 3 aliphatic heterocycles. The molecule has 5 amide bonds. The van der Waals surface area contributed by atoms with Gasteiger partial charge in [-0.15, -0.1) is 0 Å². The number of carbonyl (C=O) groups is 5. The van der Waals surface area contributed by atoms with Gasteiger partial charge in [0.2, 0.25) is 11.8 Å². The van der Waals surface area contributed by atoms with E-state index in [-0.39, 0.29) is 50.5 Å². The van der Waals surface area contributed by atoms with Crippen molar-refractivity contribution < 1.29 is 47.0 Å². The first-order valence-electron chi connectivity index (χ1n) is 17.6. The molecular formula is C35H44F3N5O7. The van der Waals surface area contributed by atoms with Crippen molar-refractivity contribution in [1.29, 1.82) is 0 Å². The second kappa shape index (κ2) is 14.5. The number of nitrogens with one attached hydrogen (secondary N) is 3. The van der Waals surface area contributed by atoms with Crippen LogP contribution in [0.2, 0.25) is 0 Å². The summed E-state index contributed by atoms with van der Waals surface area (Å²) in [5, 5.41) is 18.5. The normalized spacial score (nSPS) is 29.7. The molecule has 50 heavy (non-hydrogen) atoms. The number of aliphatic carboxylic acids is 1. The van der Waals surface area contributed by atoms with Crippen LogP contribution in [-0.4, -0.2) is 87.7 Å². The van der Waals surface area contributed by atoms with Crippen molar-refractivity contribution in [2.75, 3.05) is 13.1 Å². The van der Waals surface area contributed by atoms with E-state index in [9.17, 15) is 42.3 Å². The zero-order valence-electron chi connectivity index (χ0n) is 27.8. The highest BCUT2D eigenvalue weighted by atomic mass is 19.4. The number of benzene rings is 1. The minimum atomic E-state index is -4.61. The van der Waals surface area contributed by atoms with Crippen LogP contribution in [0.3, 0.4) is 0 Å².